The van der Waals surface area contributed by atoms with Crippen molar-refractivity contribution >= 4 is 11.8 Å². The molecule has 23 heavy (non-hydrogen) atoms. The van der Waals surface area contributed by atoms with E-state index in [-0.39, 0.29) is 0 Å². The first kappa shape index (κ1) is 16.3. The van der Waals surface area contributed by atoms with Crippen LogP contribution < -0.4 is 10.6 Å². The van der Waals surface area contributed by atoms with Gasteiger partial charge in [-0.05, 0) is 51.0 Å². The molecule has 126 valence electrons. The van der Waals surface area contributed by atoms with Crippen molar-refractivity contribution in [3.8, 4) is 0 Å². The van der Waals surface area contributed by atoms with Gasteiger partial charge in [-0.2, -0.15) is 4.98 Å². The Morgan fingerprint density at radius 3 is 2.70 bits per heavy atom. The number of allylic oxidation sites excluding steroid dienone is 1. The number of rotatable bonds is 6. The van der Waals surface area contributed by atoms with Gasteiger partial charge >= 0.3 is 0 Å². The molecule has 1 aromatic rings. The Morgan fingerprint density at radius 2 is 1.91 bits per heavy atom. The first-order valence-electron chi connectivity index (χ1n) is 9.41. The van der Waals surface area contributed by atoms with Crippen molar-refractivity contribution in [1.82, 2.24) is 9.97 Å². The minimum absolute atomic E-state index is 0.577. The van der Waals surface area contributed by atoms with Crippen molar-refractivity contribution in [2.24, 2.45) is 0 Å². The van der Waals surface area contributed by atoms with Gasteiger partial charge in [0.2, 0.25) is 5.95 Å². The van der Waals surface area contributed by atoms with Gasteiger partial charge in [0.25, 0.3) is 0 Å². The fourth-order valence-corrected chi connectivity index (χ4v) is 3.62. The molecule has 0 aromatic carbocycles. The van der Waals surface area contributed by atoms with Crippen molar-refractivity contribution < 1.29 is 0 Å². The maximum Gasteiger partial charge on any atom is 0.224 e. The summed E-state index contributed by atoms with van der Waals surface area (Å²) in [4.78, 5) is 8.98. The molecule has 4 heteroatoms. The average molecular weight is 314 g/mol. The lowest BCUT2D eigenvalue weighted by atomic mass is 9.97. The average Bonchev–Trinajstić information content (AvgIpc) is 2.85. The summed E-state index contributed by atoms with van der Waals surface area (Å²) in [6, 6.07) is 2.56. The Morgan fingerprint density at radius 1 is 1.04 bits per heavy atom. The predicted octanol–water partition coefficient (Wildman–Crippen LogP) is 4.91. The molecule has 4 nitrogen and oxygen atoms in total. The zero-order valence-electron chi connectivity index (χ0n) is 14.2. The summed E-state index contributed by atoms with van der Waals surface area (Å²) in [5.41, 5.74) is 1.59. The number of hydrogen-bond acceptors (Lipinski definition) is 4. The summed E-state index contributed by atoms with van der Waals surface area (Å²) in [6.45, 7) is 0.929. The number of anilines is 2. The highest BCUT2D eigenvalue weighted by Crippen LogP contribution is 2.21. The SMILES string of the molecule is C1=C(CCNc2nccc(NC3CCCCCC3)n2)CCCC1. The third-order valence-corrected chi connectivity index (χ3v) is 4.98. The number of nitrogens with one attached hydrogen (secondary N) is 2. The number of hydrogen-bond donors (Lipinski definition) is 2. The Balaban J connectivity index is 1.47. The Bertz CT molecular complexity index is 504. The minimum atomic E-state index is 0.577. The molecule has 2 aliphatic carbocycles. The van der Waals surface area contributed by atoms with Crippen LogP contribution in [0.25, 0.3) is 0 Å². The molecule has 1 saturated carbocycles. The van der Waals surface area contributed by atoms with E-state index in [9.17, 15) is 0 Å². The summed E-state index contributed by atoms with van der Waals surface area (Å²) >= 11 is 0. The van der Waals surface area contributed by atoms with Gasteiger partial charge < -0.3 is 10.6 Å². The van der Waals surface area contributed by atoms with Crippen LogP contribution in [-0.4, -0.2) is 22.6 Å². The van der Waals surface area contributed by atoms with E-state index in [2.05, 4.69) is 26.7 Å². The first-order valence-corrected chi connectivity index (χ1v) is 9.41. The lowest BCUT2D eigenvalue weighted by Gasteiger charge is -2.17. The van der Waals surface area contributed by atoms with Crippen LogP contribution in [0.2, 0.25) is 0 Å². The molecule has 2 N–H and O–H groups in total. The second kappa shape index (κ2) is 8.90. The lowest BCUT2D eigenvalue weighted by molar-refractivity contribution is 0.617. The summed E-state index contributed by atoms with van der Waals surface area (Å²) < 4.78 is 0. The minimum Gasteiger partial charge on any atom is -0.367 e. The second-order valence-electron chi connectivity index (χ2n) is 6.88. The van der Waals surface area contributed by atoms with Gasteiger partial charge in [-0.1, -0.05) is 37.3 Å². The van der Waals surface area contributed by atoms with Gasteiger partial charge in [-0.15, -0.1) is 0 Å². The molecule has 2 aliphatic rings. The van der Waals surface area contributed by atoms with E-state index < -0.39 is 0 Å². The molecule has 1 aromatic heterocycles. The standard InChI is InChI=1S/C19H30N4/c1-2-7-11-17(10-6-1)22-18-13-15-21-19(23-18)20-14-12-16-8-4-3-5-9-16/h8,13,15,17H,1-7,9-12,14H2,(H2,20,21,22,23). The quantitative estimate of drug-likeness (QED) is 0.578. The van der Waals surface area contributed by atoms with Crippen molar-refractivity contribution in [2.45, 2.75) is 76.7 Å². The zero-order chi connectivity index (χ0) is 15.7. The Hall–Kier alpha value is -1.58. The molecule has 0 spiro atoms. The second-order valence-corrected chi connectivity index (χ2v) is 6.88. The Labute approximate surface area is 140 Å². The number of aromatic nitrogens is 2. The molecule has 0 amide bonds. The van der Waals surface area contributed by atoms with Gasteiger partial charge in [0, 0.05) is 18.8 Å². The predicted molar refractivity (Wildman–Crippen MR) is 96.8 cm³/mol. The van der Waals surface area contributed by atoms with E-state index in [0.29, 0.717) is 6.04 Å². The van der Waals surface area contributed by atoms with E-state index in [1.165, 1.54) is 64.2 Å². The summed E-state index contributed by atoms with van der Waals surface area (Å²) in [7, 11) is 0. The molecule has 0 bridgehead atoms. The van der Waals surface area contributed by atoms with E-state index in [1.807, 2.05) is 12.3 Å². The molecule has 1 fully saturated rings. The maximum atomic E-state index is 4.63. The van der Waals surface area contributed by atoms with Gasteiger partial charge in [0.15, 0.2) is 0 Å². The van der Waals surface area contributed by atoms with Crippen molar-refractivity contribution in [1.29, 1.82) is 0 Å². The van der Waals surface area contributed by atoms with Crippen molar-refractivity contribution in [2.75, 3.05) is 17.2 Å². The molecule has 1 heterocycles. The van der Waals surface area contributed by atoms with Crippen LogP contribution in [0.5, 0.6) is 0 Å². The fourth-order valence-electron chi connectivity index (χ4n) is 3.62. The molecule has 0 saturated heterocycles. The van der Waals surface area contributed by atoms with E-state index >= 15 is 0 Å². The van der Waals surface area contributed by atoms with Crippen LogP contribution in [0.1, 0.15) is 70.6 Å². The van der Waals surface area contributed by atoms with Crippen molar-refractivity contribution in [3.63, 3.8) is 0 Å². The highest BCUT2D eigenvalue weighted by atomic mass is 15.1. The van der Waals surface area contributed by atoms with E-state index in [1.54, 1.807) is 5.57 Å². The lowest BCUT2D eigenvalue weighted by Crippen LogP contribution is -2.19. The highest BCUT2D eigenvalue weighted by molar-refractivity contribution is 5.40. The fraction of sp³-hybridized carbons (Fsp3) is 0.684. The molecular formula is C19H30N4. The third-order valence-electron chi connectivity index (χ3n) is 4.98. The third kappa shape index (κ3) is 5.52. The molecule has 0 radical (unpaired) electrons. The van der Waals surface area contributed by atoms with Crippen LogP contribution in [0.4, 0.5) is 11.8 Å². The normalized spacial score (nSPS) is 19.7. The zero-order valence-corrected chi connectivity index (χ0v) is 14.2. The maximum absolute atomic E-state index is 4.63. The van der Waals surface area contributed by atoms with Gasteiger partial charge in [-0.3, -0.25) is 0 Å². The molecule has 0 aliphatic heterocycles. The largest absolute Gasteiger partial charge is 0.367 e. The monoisotopic (exact) mass is 314 g/mol. The van der Waals surface area contributed by atoms with E-state index in [4.69, 9.17) is 0 Å². The summed E-state index contributed by atoms with van der Waals surface area (Å²) in [5, 5.41) is 6.98. The van der Waals surface area contributed by atoms with Crippen LogP contribution in [-0.2, 0) is 0 Å². The van der Waals surface area contributed by atoms with Crippen LogP contribution in [0.15, 0.2) is 23.9 Å². The van der Waals surface area contributed by atoms with Crippen LogP contribution >= 0.6 is 0 Å². The first-order chi connectivity index (χ1) is 11.4. The van der Waals surface area contributed by atoms with Crippen molar-refractivity contribution in [3.05, 3.63) is 23.9 Å². The van der Waals surface area contributed by atoms with Gasteiger partial charge in [0.1, 0.15) is 5.82 Å². The summed E-state index contributed by atoms with van der Waals surface area (Å²) in [5.74, 6) is 1.71. The molecular weight excluding hydrogens is 284 g/mol. The van der Waals surface area contributed by atoms with Gasteiger partial charge in [-0.25, -0.2) is 4.98 Å². The summed E-state index contributed by atoms with van der Waals surface area (Å²) in [6.07, 6.45) is 18.6. The van der Waals surface area contributed by atoms with E-state index in [0.717, 1.165) is 24.7 Å². The topological polar surface area (TPSA) is 49.8 Å². The highest BCUT2D eigenvalue weighted by Gasteiger charge is 2.12. The molecule has 0 unspecified atom stereocenters. The molecule has 0 atom stereocenters. The smallest absolute Gasteiger partial charge is 0.224 e. The van der Waals surface area contributed by atoms with Crippen LogP contribution in [0.3, 0.4) is 0 Å². The Kier molecular flexibility index (Phi) is 6.30. The van der Waals surface area contributed by atoms with Gasteiger partial charge in [0.05, 0.1) is 0 Å². The van der Waals surface area contributed by atoms with Crippen LogP contribution in [0, 0.1) is 0 Å². The molecule has 3 rings (SSSR count). The number of nitrogens with zero attached hydrogens (tertiary/aromatic N) is 2.